The molecule has 0 unspecified atom stereocenters. The number of aryl methyl sites for hydroxylation is 1. The van der Waals surface area contributed by atoms with E-state index in [9.17, 15) is 0 Å². The lowest BCUT2D eigenvalue weighted by atomic mass is 10.0. The highest BCUT2D eigenvalue weighted by Crippen LogP contribution is 2.31. The van der Waals surface area contributed by atoms with Crippen molar-refractivity contribution < 1.29 is 0 Å². The summed E-state index contributed by atoms with van der Waals surface area (Å²) in [6, 6.07) is 7.45. The van der Waals surface area contributed by atoms with Gasteiger partial charge in [0.1, 0.15) is 0 Å². The van der Waals surface area contributed by atoms with Crippen molar-refractivity contribution in [2.45, 2.75) is 65.5 Å². The first kappa shape index (κ1) is 15.4. The third kappa shape index (κ3) is 3.76. The van der Waals surface area contributed by atoms with E-state index in [1.54, 1.807) is 0 Å². The van der Waals surface area contributed by atoms with Gasteiger partial charge < -0.3 is 10.6 Å². The second-order valence-corrected chi connectivity index (χ2v) is 6.65. The molecule has 1 fully saturated rings. The summed E-state index contributed by atoms with van der Waals surface area (Å²) in [6.07, 6.45) is 6.71. The van der Waals surface area contributed by atoms with Crippen molar-refractivity contribution in [1.82, 2.24) is 0 Å². The van der Waals surface area contributed by atoms with E-state index in [0.29, 0.717) is 6.54 Å². The van der Waals surface area contributed by atoms with Gasteiger partial charge in [0, 0.05) is 24.8 Å². The topological polar surface area (TPSA) is 29.3 Å². The monoisotopic (exact) mass is 274 g/mol. The van der Waals surface area contributed by atoms with E-state index in [2.05, 4.69) is 43.9 Å². The molecule has 1 aromatic rings. The Bertz CT molecular complexity index is 419. The molecular formula is C18H30N2. The molecule has 0 spiro atoms. The van der Waals surface area contributed by atoms with Crippen LogP contribution in [0.1, 0.15) is 57.1 Å². The third-order valence-corrected chi connectivity index (χ3v) is 4.48. The van der Waals surface area contributed by atoms with Gasteiger partial charge in [-0.25, -0.2) is 0 Å². The number of nitrogens with zero attached hydrogens (tertiary/aromatic N) is 1. The largest absolute Gasteiger partial charge is 0.368 e. The minimum atomic E-state index is 0.639. The maximum atomic E-state index is 5.97. The molecule has 2 nitrogen and oxygen atoms in total. The summed E-state index contributed by atoms with van der Waals surface area (Å²) in [5.74, 6) is 0.755. The Kier molecular flexibility index (Phi) is 5.47. The standard InChI is InChI=1S/C18H30N2/c1-14(2)10-11-20(17-6-4-5-7-17)18-12-15(3)8-9-16(18)13-19/h8-9,12,14,17H,4-7,10-11,13,19H2,1-3H3. The van der Waals surface area contributed by atoms with Gasteiger partial charge >= 0.3 is 0 Å². The van der Waals surface area contributed by atoms with E-state index in [4.69, 9.17) is 5.73 Å². The van der Waals surface area contributed by atoms with Crippen LogP contribution in [0.2, 0.25) is 0 Å². The van der Waals surface area contributed by atoms with Crippen molar-refractivity contribution in [3.05, 3.63) is 29.3 Å². The minimum Gasteiger partial charge on any atom is -0.368 e. The Morgan fingerprint density at radius 3 is 2.55 bits per heavy atom. The number of hydrogen-bond donors (Lipinski definition) is 1. The van der Waals surface area contributed by atoms with Crippen LogP contribution in [-0.4, -0.2) is 12.6 Å². The van der Waals surface area contributed by atoms with Gasteiger partial charge in [-0.15, -0.1) is 0 Å². The summed E-state index contributed by atoms with van der Waals surface area (Å²) < 4.78 is 0. The summed E-state index contributed by atoms with van der Waals surface area (Å²) in [6.45, 7) is 8.61. The van der Waals surface area contributed by atoms with E-state index in [1.165, 1.54) is 55.5 Å². The first-order valence-electron chi connectivity index (χ1n) is 8.18. The quantitative estimate of drug-likeness (QED) is 0.840. The Labute approximate surface area is 124 Å². The van der Waals surface area contributed by atoms with Crippen LogP contribution in [0, 0.1) is 12.8 Å². The van der Waals surface area contributed by atoms with E-state index in [-0.39, 0.29) is 0 Å². The molecule has 20 heavy (non-hydrogen) atoms. The maximum absolute atomic E-state index is 5.97. The lowest BCUT2D eigenvalue weighted by molar-refractivity contribution is 0.527. The van der Waals surface area contributed by atoms with E-state index < -0.39 is 0 Å². The molecule has 0 bridgehead atoms. The van der Waals surface area contributed by atoms with Crippen LogP contribution in [0.5, 0.6) is 0 Å². The molecule has 112 valence electrons. The summed E-state index contributed by atoms with van der Waals surface area (Å²) in [4.78, 5) is 2.65. The van der Waals surface area contributed by atoms with Gasteiger partial charge in [0.25, 0.3) is 0 Å². The van der Waals surface area contributed by atoms with Crippen molar-refractivity contribution in [2.75, 3.05) is 11.4 Å². The van der Waals surface area contributed by atoms with Crippen molar-refractivity contribution >= 4 is 5.69 Å². The second kappa shape index (κ2) is 7.12. The summed E-state index contributed by atoms with van der Waals surface area (Å²) in [7, 11) is 0. The maximum Gasteiger partial charge on any atom is 0.0416 e. The van der Waals surface area contributed by atoms with Gasteiger partial charge in [-0.05, 0) is 49.3 Å². The number of hydrogen-bond acceptors (Lipinski definition) is 2. The summed E-state index contributed by atoms with van der Waals surface area (Å²) >= 11 is 0. The van der Waals surface area contributed by atoms with Gasteiger partial charge in [0.15, 0.2) is 0 Å². The number of anilines is 1. The molecule has 0 atom stereocenters. The van der Waals surface area contributed by atoms with Crippen LogP contribution in [-0.2, 0) is 6.54 Å². The van der Waals surface area contributed by atoms with Crippen molar-refractivity contribution in [1.29, 1.82) is 0 Å². The van der Waals surface area contributed by atoms with Gasteiger partial charge in [-0.3, -0.25) is 0 Å². The van der Waals surface area contributed by atoms with Crippen molar-refractivity contribution in [3.63, 3.8) is 0 Å². The molecule has 1 aliphatic carbocycles. The smallest absolute Gasteiger partial charge is 0.0416 e. The highest BCUT2D eigenvalue weighted by atomic mass is 15.2. The zero-order chi connectivity index (χ0) is 14.5. The molecule has 0 aliphatic heterocycles. The number of nitrogens with two attached hydrogens (primary N) is 1. The fourth-order valence-corrected chi connectivity index (χ4v) is 3.23. The van der Waals surface area contributed by atoms with Gasteiger partial charge in [0.2, 0.25) is 0 Å². The Morgan fingerprint density at radius 2 is 1.95 bits per heavy atom. The molecule has 1 saturated carbocycles. The van der Waals surface area contributed by atoms with Gasteiger partial charge in [-0.1, -0.05) is 38.8 Å². The molecule has 2 N–H and O–H groups in total. The summed E-state index contributed by atoms with van der Waals surface area (Å²) in [5.41, 5.74) is 9.99. The van der Waals surface area contributed by atoms with Gasteiger partial charge in [-0.2, -0.15) is 0 Å². The van der Waals surface area contributed by atoms with Crippen LogP contribution in [0.4, 0.5) is 5.69 Å². The molecular weight excluding hydrogens is 244 g/mol. The van der Waals surface area contributed by atoms with Crippen LogP contribution in [0.3, 0.4) is 0 Å². The average molecular weight is 274 g/mol. The van der Waals surface area contributed by atoms with Crippen molar-refractivity contribution in [2.24, 2.45) is 11.7 Å². The third-order valence-electron chi connectivity index (χ3n) is 4.48. The van der Waals surface area contributed by atoms with Crippen LogP contribution in [0.25, 0.3) is 0 Å². The fraction of sp³-hybridized carbons (Fsp3) is 0.667. The SMILES string of the molecule is Cc1ccc(CN)c(N(CCC(C)C)C2CCCC2)c1. The van der Waals surface area contributed by atoms with E-state index in [0.717, 1.165) is 12.0 Å². The molecule has 0 amide bonds. The molecule has 0 heterocycles. The molecule has 0 saturated heterocycles. The first-order valence-corrected chi connectivity index (χ1v) is 8.18. The lowest BCUT2D eigenvalue weighted by Crippen LogP contribution is -2.35. The van der Waals surface area contributed by atoms with Crippen LogP contribution >= 0.6 is 0 Å². The second-order valence-electron chi connectivity index (χ2n) is 6.65. The van der Waals surface area contributed by atoms with E-state index >= 15 is 0 Å². The normalized spacial score (nSPS) is 16.1. The van der Waals surface area contributed by atoms with E-state index in [1.807, 2.05) is 0 Å². The Balaban J connectivity index is 2.26. The molecule has 1 aromatic carbocycles. The molecule has 2 heteroatoms. The highest BCUT2D eigenvalue weighted by Gasteiger charge is 2.24. The zero-order valence-corrected chi connectivity index (χ0v) is 13.4. The number of rotatable bonds is 6. The first-order chi connectivity index (χ1) is 9.61. The molecule has 0 aromatic heterocycles. The molecule has 2 rings (SSSR count). The minimum absolute atomic E-state index is 0.639. The summed E-state index contributed by atoms with van der Waals surface area (Å²) in [5, 5.41) is 0. The Morgan fingerprint density at radius 1 is 1.25 bits per heavy atom. The van der Waals surface area contributed by atoms with Crippen LogP contribution < -0.4 is 10.6 Å². The van der Waals surface area contributed by atoms with Crippen molar-refractivity contribution in [3.8, 4) is 0 Å². The van der Waals surface area contributed by atoms with Crippen LogP contribution in [0.15, 0.2) is 18.2 Å². The average Bonchev–Trinajstić information content (AvgIpc) is 2.93. The highest BCUT2D eigenvalue weighted by molar-refractivity contribution is 5.56. The predicted octanol–water partition coefficient (Wildman–Crippen LogP) is 4.25. The molecule has 0 radical (unpaired) electrons. The lowest BCUT2D eigenvalue weighted by Gasteiger charge is -2.33. The zero-order valence-electron chi connectivity index (χ0n) is 13.4. The predicted molar refractivity (Wildman–Crippen MR) is 88.1 cm³/mol. The number of benzene rings is 1. The van der Waals surface area contributed by atoms with Gasteiger partial charge in [0.05, 0.1) is 0 Å². The molecule has 1 aliphatic rings. The Hall–Kier alpha value is -1.02. The fourth-order valence-electron chi connectivity index (χ4n) is 3.23.